The number of ether oxygens (including phenoxy) is 2. The van der Waals surface area contributed by atoms with E-state index in [0.717, 1.165) is 37.2 Å². The van der Waals surface area contributed by atoms with Crippen LogP contribution in [-0.4, -0.2) is 8.99 Å². The van der Waals surface area contributed by atoms with Crippen LogP contribution in [0.25, 0.3) is 12.2 Å². The van der Waals surface area contributed by atoms with Gasteiger partial charge in [0.25, 0.3) is 0 Å². The number of rotatable bonds is 3. The van der Waals surface area contributed by atoms with E-state index in [9.17, 15) is 0 Å². The van der Waals surface area contributed by atoms with Gasteiger partial charge in [0.15, 0.2) is 0 Å². The van der Waals surface area contributed by atoms with Crippen molar-refractivity contribution in [2.45, 2.75) is 34.7 Å². The normalized spacial score (nSPS) is 22.9. The third-order valence-electron chi connectivity index (χ3n) is 5.14. The van der Waals surface area contributed by atoms with Gasteiger partial charge in [-0.1, -0.05) is 0 Å². The molecule has 29 heavy (non-hydrogen) atoms. The minimum absolute atomic E-state index is 0.115. The monoisotopic (exact) mass is 564 g/mol. The Balaban J connectivity index is 1.49. The fraction of sp³-hybridized carbons (Fsp3) is 0.231. The second kappa shape index (κ2) is 8.59. The minimum atomic E-state index is -1.87. The maximum absolute atomic E-state index is 6.57. The van der Waals surface area contributed by atoms with Gasteiger partial charge in [0.1, 0.15) is 0 Å². The van der Waals surface area contributed by atoms with Crippen LogP contribution in [0.1, 0.15) is 36.8 Å². The van der Waals surface area contributed by atoms with Crippen molar-refractivity contribution < 1.29 is 26.8 Å². The van der Waals surface area contributed by atoms with Crippen molar-refractivity contribution in [2.75, 3.05) is 0 Å². The molecular formula is C26H25O2Pt. The summed E-state index contributed by atoms with van der Waals surface area (Å²) in [4.78, 5) is 0. The molecule has 0 saturated carbocycles. The Morgan fingerprint density at radius 1 is 0.690 bits per heavy atom. The van der Waals surface area contributed by atoms with Crippen LogP contribution >= 0.6 is 0 Å². The Hall–Kier alpha value is -2.31. The molecule has 2 aliphatic heterocycles. The van der Waals surface area contributed by atoms with Crippen LogP contribution in [0, 0.1) is 0 Å². The van der Waals surface area contributed by atoms with E-state index in [2.05, 4.69) is 91.1 Å². The van der Waals surface area contributed by atoms with Crippen LogP contribution < -0.4 is 9.47 Å². The summed E-state index contributed by atoms with van der Waals surface area (Å²) in [7, 11) is 0. The zero-order valence-corrected chi connectivity index (χ0v) is 18.5. The quantitative estimate of drug-likeness (QED) is 0.398. The summed E-state index contributed by atoms with van der Waals surface area (Å²) in [6.45, 7) is 0. The van der Waals surface area contributed by atoms with Crippen LogP contribution in [-0.2, 0) is 17.3 Å². The molecule has 2 nitrogen and oxygen atoms in total. The second-order valence-corrected chi connectivity index (χ2v) is 13.3. The van der Waals surface area contributed by atoms with Gasteiger partial charge in [-0.25, -0.2) is 0 Å². The Kier molecular flexibility index (Phi) is 5.54. The van der Waals surface area contributed by atoms with E-state index in [1.54, 1.807) is 3.96 Å². The number of allylic oxidation sites excluding steroid dienone is 4. The second-order valence-electron chi connectivity index (χ2n) is 7.15. The van der Waals surface area contributed by atoms with Crippen LogP contribution in [0.15, 0.2) is 82.9 Å². The van der Waals surface area contributed by atoms with Crippen molar-refractivity contribution >= 4 is 12.2 Å². The van der Waals surface area contributed by atoms with E-state index >= 15 is 0 Å². The third-order valence-corrected chi connectivity index (χ3v) is 12.1. The summed E-state index contributed by atoms with van der Waals surface area (Å²) in [5.41, 5.74) is 2.33. The Labute approximate surface area is 178 Å². The summed E-state index contributed by atoms with van der Waals surface area (Å²) in [5.74, 6) is 1.99. The fourth-order valence-corrected chi connectivity index (χ4v) is 10.5. The first-order valence-electron chi connectivity index (χ1n) is 10.2. The molecule has 3 heteroatoms. The van der Waals surface area contributed by atoms with Crippen molar-refractivity contribution in [3.63, 3.8) is 0 Å². The first-order valence-corrected chi connectivity index (χ1v) is 13.9. The van der Waals surface area contributed by atoms with E-state index in [4.69, 9.17) is 9.47 Å². The fourth-order valence-electron chi connectivity index (χ4n) is 3.69. The molecule has 0 spiro atoms. The number of hydrogen-bond donors (Lipinski definition) is 0. The van der Waals surface area contributed by atoms with Crippen LogP contribution in [0.4, 0.5) is 0 Å². The predicted octanol–water partition coefficient (Wildman–Crippen LogP) is 6.48. The van der Waals surface area contributed by atoms with Gasteiger partial charge in [-0.2, -0.15) is 0 Å². The SMILES string of the molecule is C1=CCC[C]([Pt]([CH]2C=Cc3ccccc3O2)[CH]2C=Cc3ccccc3O2)=CCC1. The van der Waals surface area contributed by atoms with E-state index in [1.807, 2.05) is 0 Å². The van der Waals surface area contributed by atoms with Crippen molar-refractivity contribution in [1.29, 1.82) is 0 Å². The van der Waals surface area contributed by atoms with Crippen LogP contribution in [0.3, 0.4) is 0 Å². The molecule has 5 rings (SSSR count). The van der Waals surface area contributed by atoms with Gasteiger partial charge in [0.2, 0.25) is 0 Å². The number of hydrogen-bond acceptors (Lipinski definition) is 2. The van der Waals surface area contributed by atoms with E-state index in [-0.39, 0.29) is 8.99 Å². The van der Waals surface area contributed by atoms with Gasteiger partial charge in [-0.05, 0) is 0 Å². The Bertz CT molecular complexity index is 938. The van der Waals surface area contributed by atoms with Gasteiger partial charge in [0.05, 0.1) is 0 Å². The zero-order chi connectivity index (χ0) is 19.5. The molecule has 0 bridgehead atoms. The molecule has 2 heterocycles. The standard InChI is InChI=1S/2C9H7O.C8H11.Pt/c2*1-2-6-9-8(4-1)5-3-7-10-9;1-2-4-6-8-7-5-3-1;/h2*1-7H;1-2,7H,3-6H2;. The van der Waals surface area contributed by atoms with Crippen LogP contribution in [0.2, 0.25) is 0 Å². The summed E-state index contributed by atoms with van der Waals surface area (Å²) in [5, 5.41) is 0. The van der Waals surface area contributed by atoms with Crippen LogP contribution in [0.5, 0.6) is 11.5 Å². The molecule has 0 aromatic heterocycles. The van der Waals surface area contributed by atoms with Gasteiger partial charge in [-0.3, -0.25) is 0 Å². The van der Waals surface area contributed by atoms with Crippen molar-refractivity contribution in [2.24, 2.45) is 0 Å². The maximum atomic E-state index is 6.57. The van der Waals surface area contributed by atoms with Gasteiger partial charge < -0.3 is 0 Å². The molecule has 0 radical (unpaired) electrons. The van der Waals surface area contributed by atoms with E-state index in [1.165, 1.54) is 11.1 Å². The van der Waals surface area contributed by atoms with Gasteiger partial charge in [0, 0.05) is 0 Å². The molecule has 0 saturated heterocycles. The molecule has 2 aromatic carbocycles. The molecule has 2 aromatic rings. The van der Waals surface area contributed by atoms with Gasteiger partial charge >= 0.3 is 179 Å². The topological polar surface area (TPSA) is 18.5 Å². The number of benzene rings is 2. The molecule has 0 amide bonds. The predicted molar refractivity (Wildman–Crippen MR) is 115 cm³/mol. The van der Waals surface area contributed by atoms with Crippen molar-refractivity contribution in [3.8, 4) is 11.5 Å². The average Bonchev–Trinajstić information content (AvgIpc) is 2.75. The molecule has 3 aliphatic rings. The first-order chi connectivity index (χ1) is 14.4. The molecule has 1 aliphatic carbocycles. The van der Waals surface area contributed by atoms with Crippen molar-refractivity contribution in [1.82, 2.24) is 0 Å². The molecule has 2 atom stereocenters. The summed E-state index contributed by atoms with van der Waals surface area (Å²) in [6, 6.07) is 16.7. The first kappa shape index (κ1) is 18.7. The van der Waals surface area contributed by atoms with E-state index < -0.39 is 17.3 Å². The molecule has 0 N–H and O–H groups in total. The van der Waals surface area contributed by atoms with E-state index in [0.29, 0.717) is 0 Å². The Morgan fingerprint density at radius 3 is 1.93 bits per heavy atom. The molecule has 151 valence electrons. The molecule has 0 fully saturated rings. The summed E-state index contributed by atoms with van der Waals surface area (Å²) < 4.78 is 15.0. The summed E-state index contributed by atoms with van der Waals surface area (Å²) >= 11 is -1.87. The van der Waals surface area contributed by atoms with Crippen molar-refractivity contribution in [3.05, 3.63) is 94.0 Å². The average molecular weight is 565 g/mol. The number of fused-ring (bicyclic) bond motifs is 2. The summed E-state index contributed by atoms with van der Waals surface area (Å²) in [6.07, 6.45) is 20.6. The Morgan fingerprint density at radius 2 is 1.28 bits per heavy atom. The van der Waals surface area contributed by atoms with Gasteiger partial charge in [-0.15, -0.1) is 0 Å². The molecular weight excluding hydrogens is 539 g/mol. The molecule has 2 unspecified atom stereocenters. The zero-order valence-electron chi connectivity index (χ0n) is 16.3. The number of para-hydroxylation sites is 2. The third kappa shape index (κ3) is 4.05.